The fourth-order valence-electron chi connectivity index (χ4n) is 4.57. The van der Waals surface area contributed by atoms with Gasteiger partial charge in [0.15, 0.2) is 5.75 Å². The van der Waals surface area contributed by atoms with Gasteiger partial charge in [0.2, 0.25) is 5.91 Å². The van der Waals surface area contributed by atoms with Gasteiger partial charge in [-0.2, -0.15) is 0 Å². The summed E-state index contributed by atoms with van der Waals surface area (Å²) >= 11 is 0. The molecule has 1 aliphatic rings. The lowest BCUT2D eigenvalue weighted by Crippen LogP contribution is -2.40. The molecule has 1 fully saturated rings. The van der Waals surface area contributed by atoms with E-state index in [0.29, 0.717) is 31.4 Å². The molecule has 0 spiro atoms. The summed E-state index contributed by atoms with van der Waals surface area (Å²) in [5.41, 5.74) is 1.00. The molecule has 2 amide bonds. The van der Waals surface area contributed by atoms with Crippen molar-refractivity contribution in [2.24, 2.45) is 0 Å². The first-order chi connectivity index (χ1) is 18.2. The van der Waals surface area contributed by atoms with Gasteiger partial charge < -0.3 is 24.6 Å². The van der Waals surface area contributed by atoms with Gasteiger partial charge in [-0.25, -0.2) is 4.39 Å². The molecule has 9 nitrogen and oxygen atoms in total. The Labute approximate surface area is 220 Å². The smallest absolute Gasteiger partial charge is 0.267 e. The Kier molecular flexibility index (Phi) is 8.73. The standard InChI is InChI=1S/C28H33FN4O5/c1-18(2)38-14-10-30-27(36)24-26(35)25-22(16-20(17-31-25)15-19-6-8-21(29)9-7-19)33(28(24)37)13-12-32-11-4-3-5-23(32)34/h6-9,16-18,35H,3-5,10-15H2,1-2H3,(H,30,36). The van der Waals surface area contributed by atoms with Gasteiger partial charge in [-0.05, 0) is 62.4 Å². The molecule has 0 bridgehead atoms. The van der Waals surface area contributed by atoms with E-state index >= 15 is 0 Å². The number of carbonyl (C=O) groups is 2. The minimum atomic E-state index is -0.721. The quantitative estimate of drug-likeness (QED) is 0.394. The van der Waals surface area contributed by atoms with Crippen molar-refractivity contribution in [3.8, 4) is 5.75 Å². The van der Waals surface area contributed by atoms with Crippen molar-refractivity contribution in [3.05, 3.63) is 69.4 Å². The lowest BCUT2D eigenvalue weighted by Gasteiger charge is -2.27. The minimum Gasteiger partial charge on any atom is -0.505 e. The van der Waals surface area contributed by atoms with Crippen LogP contribution in [-0.2, 0) is 22.5 Å². The van der Waals surface area contributed by atoms with Crippen LogP contribution in [0.3, 0.4) is 0 Å². The second-order valence-electron chi connectivity index (χ2n) is 9.71. The Morgan fingerprint density at radius 1 is 1.16 bits per heavy atom. The molecule has 38 heavy (non-hydrogen) atoms. The van der Waals surface area contributed by atoms with Crippen LogP contribution >= 0.6 is 0 Å². The lowest BCUT2D eigenvalue weighted by atomic mass is 10.1. The first kappa shape index (κ1) is 27.3. The van der Waals surface area contributed by atoms with Crippen molar-refractivity contribution < 1.29 is 23.8 Å². The Hall–Kier alpha value is -3.79. The summed E-state index contributed by atoms with van der Waals surface area (Å²) in [4.78, 5) is 45.0. The number of hydrogen-bond acceptors (Lipinski definition) is 6. The largest absolute Gasteiger partial charge is 0.505 e. The molecule has 10 heteroatoms. The van der Waals surface area contributed by atoms with Crippen molar-refractivity contribution in [2.75, 3.05) is 26.2 Å². The predicted molar refractivity (Wildman–Crippen MR) is 141 cm³/mol. The Morgan fingerprint density at radius 3 is 2.63 bits per heavy atom. The van der Waals surface area contributed by atoms with E-state index in [4.69, 9.17) is 4.74 Å². The fraction of sp³-hybridized carbons (Fsp3) is 0.429. The SMILES string of the molecule is CC(C)OCCNC(=O)c1c(O)c2ncc(Cc3ccc(F)cc3)cc2n(CCN2CCCCC2=O)c1=O. The molecule has 2 aromatic heterocycles. The number of halogens is 1. The van der Waals surface area contributed by atoms with Crippen molar-refractivity contribution in [3.63, 3.8) is 0 Å². The summed E-state index contributed by atoms with van der Waals surface area (Å²) in [5, 5.41) is 13.6. The topological polar surface area (TPSA) is 114 Å². The number of hydrogen-bond donors (Lipinski definition) is 2. The molecule has 3 heterocycles. The van der Waals surface area contributed by atoms with Gasteiger partial charge in [0.25, 0.3) is 11.5 Å². The van der Waals surface area contributed by atoms with Gasteiger partial charge in [0.1, 0.15) is 16.9 Å². The van der Waals surface area contributed by atoms with Crippen molar-refractivity contribution >= 4 is 22.8 Å². The summed E-state index contributed by atoms with van der Waals surface area (Å²) in [6.45, 7) is 5.22. The molecule has 1 aromatic carbocycles. The molecule has 0 aliphatic carbocycles. The number of likely N-dealkylation sites (tertiary alicyclic amines) is 1. The fourth-order valence-corrected chi connectivity index (χ4v) is 4.57. The number of rotatable bonds is 10. The zero-order valence-corrected chi connectivity index (χ0v) is 21.7. The van der Waals surface area contributed by atoms with Crippen LogP contribution in [0.1, 0.15) is 54.6 Å². The third kappa shape index (κ3) is 6.36. The van der Waals surface area contributed by atoms with E-state index in [-0.39, 0.29) is 43.0 Å². The summed E-state index contributed by atoms with van der Waals surface area (Å²) in [7, 11) is 0. The number of aromatic hydroxyl groups is 1. The van der Waals surface area contributed by atoms with Gasteiger partial charge in [-0.1, -0.05) is 12.1 Å². The average molecular weight is 525 g/mol. The number of nitrogens with zero attached hydrogens (tertiary/aromatic N) is 3. The van der Waals surface area contributed by atoms with Crippen LogP contribution in [0.25, 0.3) is 11.0 Å². The predicted octanol–water partition coefficient (Wildman–Crippen LogP) is 3.00. The number of benzene rings is 1. The maximum atomic E-state index is 13.6. The van der Waals surface area contributed by atoms with Crippen LogP contribution in [0.5, 0.6) is 5.75 Å². The van der Waals surface area contributed by atoms with E-state index in [0.717, 1.165) is 24.0 Å². The number of aromatic nitrogens is 2. The van der Waals surface area contributed by atoms with Gasteiger partial charge in [-0.3, -0.25) is 19.4 Å². The molecule has 0 unspecified atom stereocenters. The van der Waals surface area contributed by atoms with Gasteiger partial charge in [0, 0.05) is 38.8 Å². The number of pyridine rings is 2. The highest BCUT2D eigenvalue weighted by atomic mass is 19.1. The van der Waals surface area contributed by atoms with Crippen molar-refractivity contribution in [1.82, 2.24) is 19.8 Å². The van der Waals surface area contributed by atoms with Crippen molar-refractivity contribution in [2.45, 2.75) is 52.2 Å². The van der Waals surface area contributed by atoms with Gasteiger partial charge in [-0.15, -0.1) is 0 Å². The number of ether oxygens (including phenoxy) is 1. The highest BCUT2D eigenvalue weighted by molar-refractivity contribution is 6.01. The molecular formula is C28H33FN4O5. The molecule has 4 rings (SSSR count). The van der Waals surface area contributed by atoms with Crippen LogP contribution in [0.2, 0.25) is 0 Å². The van der Waals surface area contributed by atoms with Crippen LogP contribution in [0.4, 0.5) is 4.39 Å². The molecular weight excluding hydrogens is 491 g/mol. The van der Waals surface area contributed by atoms with Gasteiger partial charge >= 0.3 is 0 Å². The van der Waals surface area contributed by atoms with Gasteiger partial charge in [0.05, 0.1) is 18.2 Å². The van der Waals surface area contributed by atoms with Crippen LogP contribution in [-0.4, -0.2) is 63.7 Å². The normalized spacial score (nSPS) is 13.9. The number of fused-ring (bicyclic) bond motifs is 1. The first-order valence-corrected chi connectivity index (χ1v) is 12.9. The van der Waals surface area contributed by atoms with Crippen LogP contribution in [0, 0.1) is 5.82 Å². The molecule has 0 radical (unpaired) electrons. The Balaban J connectivity index is 1.70. The van der Waals surface area contributed by atoms with E-state index in [1.54, 1.807) is 29.3 Å². The monoisotopic (exact) mass is 524 g/mol. The van der Waals surface area contributed by atoms with E-state index < -0.39 is 22.8 Å². The summed E-state index contributed by atoms with van der Waals surface area (Å²) in [6, 6.07) is 7.82. The van der Waals surface area contributed by atoms with E-state index in [9.17, 15) is 23.9 Å². The number of carbonyl (C=O) groups excluding carboxylic acids is 2. The minimum absolute atomic E-state index is 0.0102. The Bertz CT molecular complexity index is 1370. The number of piperidine rings is 1. The first-order valence-electron chi connectivity index (χ1n) is 12.9. The van der Waals surface area contributed by atoms with Crippen LogP contribution in [0.15, 0.2) is 41.3 Å². The summed E-state index contributed by atoms with van der Waals surface area (Å²) in [6.07, 6.45) is 4.20. The molecule has 1 aliphatic heterocycles. The number of nitrogens with one attached hydrogen (secondary N) is 1. The molecule has 202 valence electrons. The molecule has 0 atom stereocenters. The maximum absolute atomic E-state index is 13.6. The number of amides is 2. The highest BCUT2D eigenvalue weighted by Gasteiger charge is 2.25. The second-order valence-corrected chi connectivity index (χ2v) is 9.71. The Morgan fingerprint density at radius 2 is 1.92 bits per heavy atom. The lowest BCUT2D eigenvalue weighted by molar-refractivity contribution is -0.133. The van der Waals surface area contributed by atoms with Crippen molar-refractivity contribution in [1.29, 1.82) is 0 Å². The summed E-state index contributed by atoms with van der Waals surface area (Å²) < 4.78 is 20.2. The summed E-state index contributed by atoms with van der Waals surface area (Å²) in [5.74, 6) is -1.52. The third-order valence-corrected chi connectivity index (χ3v) is 6.54. The zero-order chi connectivity index (χ0) is 27.2. The average Bonchev–Trinajstić information content (AvgIpc) is 2.89. The molecule has 0 saturated carbocycles. The second kappa shape index (κ2) is 12.2. The highest BCUT2D eigenvalue weighted by Crippen LogP contribution is 2.26. The molecule has 2 N–H and O–H groups in total. The molecule has 1 saturated heterocycles. The third-order valence-electron chi connectivity index (χ3n) is 6.54. The zero-order valence-electron chi connectivity index (χ0n) is 21.7. The van der Waals surface area contributed by atoms with E-state index in [1.807, 2.05) is 13.8 Å². The van der Waals surface area contributed by atoms with E-state index in [2.05, 4.69) is 10.3 Å². The molecule has 3 aromatic rings. The van der Waals surface area contributed by atoms with E-state index in [1.165, 1.54) is 16.7 Å². The van der Waals surface area contributed by atoms with Crippen LogP contribution < -0.4 is 10.9 Å². The maximum Gasteiger partial charge on any atom is 0.267 e.